The summed E-state index contributed by atoms with van der Waals surface area (Å²) >= 11 is 0. The molecule has 3 N–H and O–H groups in total. The van der Waals surface area contributed by atoms with Crippen molar-refractivity contribution in [3.63, 3.8) is 0 Å². The zero-order valence-electron chi connectivity index (χ0n) is 16.5. The number of ether oxygens (including phenoxy) is 2. The summed E-state index contributed by atoms with van der Waals surface area (Å²) in [5.74, 6) is -0.245. The van der Waals surface area contributed by atoms with Crippen molar-refractivity contribution in [1.82, 2.24) is 15.6 Å². The highest BCUT2D eigenvalue weighted by Gasteiger charge is 2.27. The molecule has 1 aliphatic carbocycles. The Morgan fingerprint density at radius 1 is 1.18 bits per heavy atom. The van der Waals surface area contributed by atoms with E-state index in [0.29, 0.717) is 11.4 Å². The highest BCUT2D eigenvalue weighted by Crippen LogP contribution is 2.27. The number of aromatic nitrogens is 1. The third-order valence-corrected chi connectivity index (χ3v) is 5.11. The van der Waals surface area contributed by atoms with E-state index in [1.165, 1.54) is 7.05 Å². The largest absolute Gasteiger partial charge is 0.484 e. The van der Waals surface area contributed by atoms with Gasteiger partial charge in [0.05, 0.1) is 6.10 Å². The number of nitrogens with one attached hydrogen (secondary N) is 3. The first-order valence-electron chi connectivity index (χ1n) is 9.52. The maximum Gasteiger partial charge on any atom is 0.271 e. The van der Waals surface area contributed by atoms with Crippen LogP contribution in [-0.2, 0) is 4.74 Å². The summed E-state index contributed by atoms with van der Waals surface area (Å²) in [4.78, 5) is 27.8. The summed E-state index contributed by atoms with van der Waals surface area (Å²) in [6, 6.07) is 11.4. The number of H-pyrrole nitrogens is 1. The molecule has 1 saturated carbocycles. The van der Waals surface area contributed by atoms with Crippen LogP contribution in [0.15, 0.2) is 36.4 Å². The highest BCUT2D eigenvalue weighted by molar-refractivity contribution is 5.99. The number of rotatable bonds is 7. The minimum Gasteiger partial charge on any atom is -0.484 e. The average Bonchev–Trinajstić information content (AvgIpc) is 3.35. The van der Waals surface area contributed by atoms with Crippen LogP contribution in [-0.4, -0.2) is 43.1 Å². The predicted octanol–water partition coefficient (Wildman–Crippen LogP) is 2.81. The number of hydrogen-bond acceptors (Lipinski definition) is 4. The van der Waals surface area contributed by atoms with Crippen LogP contribution >= 0.6 is 0 Å². The van der Waals surface area contributed by atoms with E-state index in [9.17, 15) is 9.59 Å². The van der Waals surface area contributed by atoms with Gasteiger partial charge in [-0.2, -0.15) is 0 Å². The lowest BCUT2D eigenvalue weighted by Crippen LogP contribution is -2.33. The molecule has 0 aliphatic heterocycles. The maximum absolute atomic E-state index is 12.7. The predicted molar refractivity (Wildman–Crippen MR) is 106 cm³/mol. The summed E-state index contributed by atoms with van der Waals surface area (Å²) in [5, 5.41) is 5.58. The third kappa shape index (κ3) is 4.54. The van der Waals surface area contributed by atoms with Crippen LogP contribution in [0.3, 0.4) is 0 Å². The van der Waals surface area contributed by atoms with Gasteiger partial charge >= 0.3 is 0 Å². The molecule has 3 rings (SSSR count). The molecule has 0 bridgehead atoms. The van der Waals surface area contributed by atoms with Gasteiger partial charge in [-0.25, -0.2) is 0 Å². The molecule has 7 nitrogen and oxygen atoms in total. The molecule has 1 aromatic carbocycles. The van der Waals surface area contributed by atoms with Crippen LogP contribution in [0.4, 0.5) is 0 Å². The van der Waals surface area contributed by atoms with Crippen molar-refractivity contribution in [1.29, 1.82) is 0 Å². The van der Waals surface area contributed by atoms with Gasteiger partial charge in [0.25, 0.3) is 11.8 Å². The van der Waals surface area contributed by atoms with Crippen LogP contribution in [0.5, 0.6) is 5.75 Å². The zero-order valence-corrected chi connectivity index (χ0v) is 16.5. The van der Waals surface area contributed by atoms with Crippen molar-refractivity contribution in [2.24, 2.45) is 0 Å². The Kier molecular flexibility index (Phi) is 6.36. The van der Waals surface area contributed by atoms with Crippen LogP contribution in [0, 0.1) is 0 Å². The summed E-state index contributed by atoms with van der Waals surface area (Å²) in [5.41, 5.74) is 1.51. The molecule has 1 aliphatic rings. The van der Waals surface area contributed by atoms with Crippen molar-refractivity contribution < 1.29 is 19.1 Å². The molecular weight excluding hydrogens is 358 g/mol. The van der Waals surface area contributed by atoms with Gasteiger partial charge < -0.3 is 25.1 Å². The first-order valence-corrected chi connectivity index (χ1v) is 9.52. The van der Waals surface area contributed by atoms with Crippen molar-refractivity contribution in [2.45, 2.75) is 44.4 Å². The van der Waals surface area contributed by atoms with Gasteiger partial charge in [-0.1, -0.05) is 30.3 Å². The SMILES string of the molecule is CNC(=O)c1[nH]c(C(=O)NC2CC[C@@H](OC)C2)cc1OC(C)c1ccccc1. The number of carbonyl (C=O) groups excluding carboxylic acids is 2. The second kappa shape index (κ2) is 8.93. The number of hydrogen-bond donors (Lipinski definition) is 3. The van der Waals surface area contributed by atoms with Crippen LogP contribution < -0.4 is 15.4 Å². The lowest BCUT2D eigenvalue weighted by atomic mass is 10.1. The number of amides is 2. The molecule has 28 heavy (non-hydrogen) atoms. The Morgan fingerprint density at radius 2 is 1.93 bits per heavy atom. The normalized spacial score (nSPS) is 19.8. The monoisotopic (exact) mass is 385 g/mol. The minimum atomic E-state index is -0.338. The van der Waals surface area contributed by atoms with Crippen molar-refractivity contribution in [2.75, 3.05) is 14.2 Å². The first-order chi connectivity index (χ1) is 13.5. The van der Waals surface area contributed by atoms with Crippen molar-refractivity contribution in [3.05, 3.63) is 53.3 Å². The van der Waals surface area contributed by atoms with Crippen LogP contribution in [0.1, 0.15) is 58.8 Å². The quantitative estimate of drug-likeness (QED) is 0.683. The third-order valence-electron chi connectivity index (χ3n) is 5.11. The Labute approximate surface area is 164 Å². The van der Waals surface area contributed by atoms with E-state index in [1.54, 1.807) is 13.2 Å². The van der Waals surface area contributed by atoms with Gasteiger partial charge in [0.1, 0.15) is 17.5 Å². The lowest BCUT2D eigenvalue weighted by molar-refractivity contribution is 0.0910. The first kappa shape index (κ1) is 19.9. The molecule has 2 unspecified atom stereocenters. The van der Waals surface area contributed by atoms with E-state index < -0.39 is 0 Å². The standard InChI is InChI=1S/C21H27N3O4/c1-13(14-7-5-4-6-8-14)28-18-12-17(24-19(18)21(26)22-2)20(25)23-15-9-10-16(11-15)27-3/h4-8,12-13,15-16,24H,9-11H2,1-3H3,(H,22,26)(H,23,25)/t13?,15?,16-/m1/s1. The molecule has 7 heteroatoms. The fraction of sp³-hybridized carbons (Fsp3) is 0.429. The zero-order chi connectivity index (χ0) is 20.1. The molecule has 1 heterocycles. The fourth-order valence-corrected chi connectivity index (χ4v) is 3.48. The summed E-state index contributed by atoms with van der Waals surface area (Å²) < 4.78 is 11.3. The van der Waals surface area contributed by atoms with Gasteiger partial charge in [0.2, 0.25) is 0 Å². The van der Waals surface area contributed by atoms with E-state index in [4.69, 9.17) is 9.47 Å². The number of methoxy groups -OCH3 is 1. The molecule has 1 fully saturated rings. The van der Waals surface area contributed by atoms with E-state index in [1.807, 2.05) is 37.3 Å². The van der Waals surface area contributed by atoms with Gasteiger partial charge in [-0.15, -0.1) is 0 Å². The molecule has 1 aromatic heterocycles. The van der Waals surface area contributed by atoms with Crippen LogP contribution in [0.2, 0.25) is 0 Å². The Bertz CT molecular complexity index is 818. The van der Waals surface area contributed by atoms with Crippen molar-refractivity contribution >= 4 is 11.8 Å². The van der Waals surface area contributed by atoms with Gasteiger partial charge in [-0.3, -0.25) is 9.59 Å². The smallest absolute Gasteiger partial charge is 0.271 e. The molecule has 2 amide bonds. The van der Waals surface area contributed by atoms with Crippen molar-refractivity contribution in [3.8, 4) is 5.75 Å². The Balaban J connectivity index is 1.76. The average molecular weight is 385 g/mol. The molecule has 0 saturated heterocycles. The summed E-state index contributed by atoms with van der Waals surface area (Å²) in [6.45, 7) is 1.90. The molecule has 2 aromatic rings. The number of carbonyl (C=O) groups is 2. The molecule has 3 atom stereocenters. The van der Waals surface area contributed by atoms with Crippen LogP contribution in [0.25, 0.3) is 0 Å². The second-order valence-electron chi connectivity index (χ2n) is 7.01. The second-order valence-corrected chi connectivity index (χ2v) is 7.01. The summed E-state index contributed by atoms with van der Waals surface area (Å²) in [6.07, 6.45) is 2.51. The fourth-order valence-electron chi connectivity index (χ4n) is 3.48. The maximum atomic E-state index is 12.7. The van der Waals surface area contributed by atoms with E-state index >= 15 is 0 Å². The Hall–Kier alpha value is -2.80. The van der Waals surface area contributed by atoms with Gasteiger partial charge in [0.15, 0.2) is 5.75 Å². The topological polar surface area (TPSA) is 92.5 Å². The summed E-state index contributed by atoms with van der Waals surface area (Å²) in [7, 11) is 3.23. The number of aromatic amines is 1. The lowest BCUT2D eigenvalue weighted by Gasteiger charge is -2.15. The van der Waals surface area contributed by atoms with E-state index in [2.05, 4.69) is 15.6 Å². The minimum absolute atomic E-state index is 0.0665. The molecular formula is C21H27N3O4. The molecule has 0 radical (unpaired) electrons. The van der Waals surface area contributed by atoms with E-state index in [-0.39, 0.29) is 35.8 Å². The van der Waals surface area contributed by atoms with Gasteiger partial charge in [0, 0.05) is 26.3 Å². The number of benzene rings is 1. The van der Waals surface area contributed by atoms with E-state index in [0.717, 1.165) is 24.8 Å². The highest BCUT2D eigenvalue weighted by atomic mass is 16.5. The Morgan fingerprint density at radius 3 is 2.57 bits per heavy atom. The molecule has 0 spiro atoms. The molecule has 150 valence electrons. The van der Waals surface area contributed by atoms with Gasteiger partial charge in [-0.05, 0) is 31.7 Å².